The van der Waals surface area contributed by atoms with E-state index in [2.05, 4.69) is 20.8 Å². The fourth-order valence-corrected chi connectivity index (χ4v) is 3.64. The molecule has 0 spiro atoms. The Morgan fingerprint density at radius 2 is 2.24 bits per heavy atom. The third-order valence-electron chi connectivity index (χ3n) is 4.19. The predicted octanol–water partition coefficient (Wildman–Crippen LogP) is 1.94. The zero-order chi connectivity index (χ0) is 17.6. The van der Waals surface area contributed by atoms with Crippen LogP contribution < -0.4 is 10.6 Å². The van der Waals surface area contributed by atoms with Gasteiger partial charge in [-0.25, -0.2) is 4.98 Å². The number of thiazole rings is 1. The highest BCUT2D eigenvalue weighted by atomic mass is 32.1. The molecule has 2 aromatic rings. The van der Waals surface area contributed by atoms with Crippen molar-refractivity contribution in [3.8, 4) is 16.2 Å². The van der Waals surface area contributed by atoms with Gasteiger partial charge in [0.2, 0.25) is 5.91 Å². The number of hydrogen-bond acceptors (Lipinski definition) is 7. The van der Waals surface area contributed by atoms with Crippen molar-refractivity contribution in [1.29, 1.82) is 0 Å². The van der Waals surface area contributed by atoms with E-state index >= 15 is 0 Å². The van der Waals surface area contributed by atoms with Gasteiger partial charge in [0.15, 0.2) is 0 Å². The van der Waals surface area contributed by atoms with Crippen LogP contribution in [-0.2, 0) is 11.3 Å². The molecule has 0 unspecified atom stereocenters. The molecule has 0 bridgehead atoms. The normalized spacial score (nSPS) is 15.5. The van der Waals surface area contributed by atoms with E-state index in [-0.39, 0.29) is 17.6 Å². The Labute approximate surface area is 149 Å². The number of nitrogens with one attached hydrogen (secondary N) is 2. The van der Waals surface area contributed by atoms with Gasteiger partial charge in [-0.3, -0.25) is 4.79 Å². The molecular formula is C17H20N4O3S. The summed E-state index contributed by atoms with van der Waals surface area (Å²) in [7, 11) is 0. The van der Waals surface area contributed by atoms with Crippen LogP contribution >= 0.6 is 11.3 Å². The number of rotatable bonds is 5. The molecule has 25 heavy (non-hydrogen) atoms. The maximum absolute atomic E-state index is 12.2. The molecule has 1 aliphatic heterocycles. The maximum Gasteiger partial charge on any atom is 0.223 e. The summed E-state index contributed by atoms with van der Waals surface area (Å²) in [5.74, 6) is 0.200. The molecule has 2 heterocycles. The highest BCUT2D eigenvalue weighted by Crippen LogP contribution is 2.30. The van der Waals surface area contributed by atoms with Crippen molar-refractivity contribution in [3.05, 3.63) is 35.0 Å². The molecule has 3 rings (SSSR count). The molecule has 0 saturated carbocycles. The third kappa shape index (κ3) is 4.34. The van der Waals surface area contributed by atoms with E-state index in [0.29, 0.717) is 12.1 Å². The molecule has 1 aliphatic rings. The lowest BCUT2D eigenvalue weighted by atomic mass is 9.97. The van der Waals surface area contributed by atoms with Gasteiger partial charge in [0, 0.05) is 17.7 Å². The number of phenolic OH excluding ortho intramolecular Hbond substituents is 1. The van der Waals surface area contributed by atoms with Crippen molar-refractivity contribution >= 4 is 23.5 Å². The molecule has 132 valence electrons. The van der Waals surface area contributed by atoms with Gasteiger partial charge in [-0.15, -0.1) is 11.3 Å². The number of piperidine rings is 1. The number of aromatic nitrogens is 1. The van der Waals surface area contributed by atoms with Gasteiger partial charge in [-0.1, -0.05) is 11.2 Å². The second-order valence-electron chi connectivity index (χ2n) is 5.88. The van der Waals surface area contributed by atoms with E-state index in [9.17, 15) is 9.90 Å². The SMILES string of the molecule is O=C(NCc1ncc(-c2ccc(/C=N/O)c(O)c2)s1)C1CCNCC1. The second-order valence-corrected chi connectivity index (χ2v) is 6.99. The van der Waals surface area contributed by atoms with Crippen LogP contribution in [-0.4, -0.2) is 40.5 Å². The van der Waals surface area contributed by atoms with Crippen molar-refractivity contribution in [1.82, 2.24) is 15.6 Å². The summed E-state index contributed by atoms with van der Waals surface area (Å²) >= 11 is 1.47. The number of nitrogens with zero attached hydrogens (tertiary/aromatic N) is 2. The minimum Gasteiger partial charge on any atom is -0.507 e. The first-order valence-corrected chi connectivity index (χ1v) is 8.93. The largest absolute Gasteiger partial charge is 0.507 e. The van der Waals surface area contributed by atoms with Crippen LogP contribution in [0.3, 0.4) is 0 Å². The van der Waals surface area contributed by atoms with Crippen LogP contribution in [0.15, 0.2) is 29.6 Å². The zero-order valence-electron chi connectivity index (χ0n) is 13.6. The van der Waals surface area contributed by atoms with Crippen molar-refractivity contribution in [2.24, 2.45) is 11.1 Å². The smallest absolute Gasteiger partial charge is 0.223 e. The Hall–Kier alpha value is -2.45. The molecule has 1 amide bonds. The summed E-state index contributed by atoms with van der Waals surface area (Å²) in [5.41, 5.74) is 1.26. The summed E-state index contributed by atoms with van der Waals surface area (Å²) in [6.07, 6.45) is 4.65. The van der Waals surface area contributed by atoms with E-state index in [1.807, 2.05) is 6.07 Å². The monoisotopic (exact) mass is 360 g/mol. The lowest BCUT2D eigenvalue weighted by Gasteiger charge is -2.21. The van der Waals surface area contributed by atoms with Gasteiger partial charge < -0.3 is 20.9 Å². The summed E-state index contributed by atoms with van der Waals surface area (Å²) in [6.45, 7) is 2.19. The number of carbonyl (C=O) groups is 1. The minimum absolute atomic E-state index is 0.0319. The average Bonchev–Trinajstić information content (AvgIpc) is 3.11. The van der Waals surface area contributed by atoms with Crippen LogP contribution in [0, 0.1) is 5.92 Å². The molecule has 1 aromatic heterocycles. The second kappa shape index (κ2) is 8.09. The molecule has 0 atom stereocenters. The minimum atomic E-state index is 0.0319. The summed E-state index contributed by atoms with van der Waals surface area (Å²) in [4.78, 5) is 17.4. The lowest BCUT2D eigenvalue weighted by Crippen LogP contribution is -2.37. The van der Waals surface area contributed by atoms with Gasteiger partial charge in [0.05, 0.1) is 17.6 Å². The Morgan fingerprint density at radius 1 is 1.44 bits per heavy atom. The van der Waals surface area contributed by atoms with E-state index in [1.165, 1.54) is 17.6 Å². The van der Waals surface area contributed by atoms with Crippen LogP contribution in [0.4, 0.5) is 0 Å². The average molecular weight is 360 g/mol. The topological polar surface area (TPSA) is 107 Å². The molecule has 1 aromatic carbocycles. The number of amides is 1. The fourth-order valence-electron chi connectivity index (χ4n) is 2.78. The highest BCUT2D eigenvalue weighted by molar-refractivity contribution is 7.15. The number of carbonyl (C=O) groups excluding carboxylic acids is 1. The first kappa shape index (κ1) is 17.4. The van der Waals surface area contributed by atoms with E-state index < -0.39 is 0 Å². The first-order chi connectivity index (χ1) is 12.2. The standard InChI is InChI=1S/C17H20N4O3S/c22-14-7-12(1-2-13(14)8-21-24)15-9-19-16(25-15)10-20-17(23)11-3-5-18-6-4-11/h1-2,7-9,11,18,22,24H,3-6,10H2,(H,20,23)/b21-8+. The molecular weight excluding hydrogens is 340 g/mol. The molecule has 8 heteroatoms. The Balaban J connectivity index is 1.62. The lowest BCUT2D eigenvalue weighted by molar-refractivity contribution is -0.125. The van der Waals surface area contributed by atoms with Crippen molar-refractivity contribution in [3.63, 3.8) is 0 Å². The Bertz CT molecular complexity index is 769. The van der Waals surface area contributed by atoms with Gasteiger partial charge in [0.1, 0.15) is 10.8 Å². The van der Waals surface area contributed by atoms with E-state index in [4.69, 9.17) is 5.21 Å². The van der Waals surface area contributed by atoms with Crippen LogP contribution in [0.1, 0.15) is 23.4 Å². The number of phenols is 1. The van der Waals surface area contributed by atoms with Crippen molar-refractivity contribution in [2.75, 3.05) is 13.1 Å². The molecule has 1 fully saturated rings. The number of hydrogen-bond donors (Lipinski definition) is 4. The summed E-state index contributed by atoms with van der Waals surface area (Å²) < 4.78 is 0. The van der Waals surface area contributed by atoms with Crippen LogP contribution in [0.25, 0.3) is 10.4 Å². The van der Waals surface area contributed by atoms with Gasteiger partial charge in [-0.2, -0.15) is 0 Å². The Kier molecular flexibility index (Phi) is 5.62. The number of aromatic hydroxyl groups is 1. The zero-order valence-corrected chi connectivity index (χ0v) is 14.4. The van der Waals surface area contributed by atoms with Crippen molar-refractivity contribution in [2.45, 2.75) is 19.4 Å². The van der Waals surface area contributed by atoms with Crippen LogP contribution in [0.2, 0.25) is 0 Å². The van der Waals surface area contributed by atoms with Gasteiger partial charge in [0.25, 0.3) is 0 Å². The number of oxime groups is 1. The first-order valence-electron chi connectivity index (χ1n) is 8.11. The molecule has 1 saturated heterocycles. The van der Waals surface area contributed by atoms with E-state index in [0.717, 1.165) is 41.4 Å². The summed E-state index contributed by atoms with van der Waals surface area (Å²) in [6, 6.07) is 5.09. The quantitative estimate of drug-likeness (QED) is 0.370. The van der Waals surface area contributed by atoms with Crippen molar-refractivity contribution < 1.29 is 15.1 Å². The fraction of sp³-hybridized carbons (Fsp3) is 0.353. The highest BCUT2D eigenvalue weighted by Gasteiger charge is 2.20. The number of benzene rings is 1. The molecule has 4 N–H and O–H groups in total. The molecule has 7 nitrogen and oxygen atoms in total. The third-order valence-corrected chi connectivity index (χ3v) is 5.24. The molecule has 0 aliphatic carbocycles. The maximum atomic E-state index is 12.2. The van der Waals surface area contributed by atoms with Crippen LogP contribution in [0.5, 0.6) is 5.75 Å². The summed E-state index contributed by atoms with van der Waals surface area (Å²) in [5, 5.41) is 28.4. The molecule has 0 radical (unpaired) electrons. The van der Waals surface area contributed by atoms with E-state index in [1.54, 1.807) is 18.3 Å². The van der Waals surface area contributed by atoms with Gasteiger partial charge in [-0.05, 0) is 43.6 Å². The van der Waals surface area contributed by atoms with Gasteiger partial charge >= 0.3 is 0 Å². The Morgan fingerprint density at radius 3 is 2.96 bits per heavy atom. The predicted molar refractivity (Wildman–Crippen MR) is 96.0 cm³/mol.